The summed E-state index contributed by atoms with van der Waals surface area (Å²) < 4.78 is 15.5. The lowest BCUT2D eigenvalue weighted by atomic mass is 10.2. The van der Waals surface area contributed by atoms with Crippen LogP contribution in [0.15, 0.2) is 30.6 Å². The van der Waals surface area contributed by atoms with Crippen molar-refractivity contribution in [3.8, 4) is 0 Å². The number of benzene rings is 1. The Morgan fingerprint density at radius 3 is 2.89 bits per heavy atom. The number of aryl methyl sites for hydroxylation is 1. The van der Waals surface area contributed by atoms with Crippen LogP contribution in [-0.2, 0) is 6.54 Å². The van der Waals surface area contributed by atoms with Gasteiger partial charge >= 0.3 is 0 Å². The standard InChI is InChI=1S/C13H15ClFN3/c1-3-18-8-10(7-16-18)9(2)17-13-11(14)5-4-6-12(13)15/h4-9,17H,3H2,1-2H3. The third kappa shape index (κ3) is 2.64. The molecule has 0 fully saturated rings. The molecule has 0 saturated heterocycles. The van der Waals surface area contributed by atoms with Crippen molar-refractivity contribution in [2.75, 3.05) is 5.32 Å². The maximum Gasteiger partial charge on any atom is 0.147 e. The molecule has 1 heterocycles. The van der Waals surface area contributed by atoms with E-state index in [1.54, 1.807) is 18.3 Å². The Labute approximate surface area is 111 Å². The van der Waals surface area contributed by atoms with Crippen LogP contribution in [0.3, 0.4) is 0 Å². The van der Waals surface area contributed by atoms with Crippen LogP contribution >= 0.6 is 11.6 Å². The quantitative estimate of drug-likeness (QED) is 0.911. The van der Waals surface area contributed by atoms with E-state index < -0.39 is 0 Å². The summed E-state index contributed by atoms with van der Waals surface area (Å²) in [5.41, 5.74) is 1.33. The molecule has 0 spiro atoms. The predicted molar refractivity (Wildman–Crippen MR) is 71.3 cm³/mol. The van der Waals surface area contributed by atoms with Gasteiger partial charge in [-0.05, 0) is 26.0 Å². The smallest absolute Gasteiger partial charge is 0.147 e. The van der Waals surface area contributed by atoms with Crippen LogP contribution < -0.4 is 5.32 Å². The van der Waals surface area contributed by atoms with E-state index >= 15 is 0 Å². The average molecular weight is 268 g/mol. The molecule has 1 N–H and O–H groups in total. The van der Waals surface area contributed by atoms with Gasteiger partial charge in [0, 0.05) is 18.3 Å². The number of nitrogens with zero attached hydrogens (tertiary/aromatic N) is 2. The third-order valence-corrected chi connectivity index (χ3v) is 3.12. The van der Waals surface area contributed by atoms with Gasteiger partial charge in [0.05, 0.1) is 22.9 Å². The largest absolute Gasteiger partial charge is 0.375 e. The Kier molecular flexibility index (Phi) is 3.87. The normalized spacial score (nSPS) is 12.4. The summed E-state index contributed by atoms with van der Waals surface area (Å²) in [6, 6.07) is 4.58. The van der Waals surface area contributed by atoms with Gasteiger partial charge in [0.2, 0.25) is 0 Å². The van der Waals surface area contributed by atoms with Crippen molar-refractivity contribution in [1.29, 1.82) is 0 Å². The molecule has 96 valence electrons. The lowest BCUT2D eigenvalue weighted by Crippen LogP contribution is -2.07. The highest BCUT2D eigenvalue weighted by molar-refractivity contribution is 6.33. The SMILES string of the molecule is CCn1cc(C(C)Nc2c(F)cccc2Cl)cn1. The Balaban J connectivity index is 2.18. The molecule has 1 atom stereocenters. The van der Waals surface area contributed by atoms with E-state index in [4.69, 9.17) is 11.6 Å². The molecule has 0 amide bonds. The van der Waals surface area contributed by atoms with Crippen LogP contribution in [0.25, 0.3) is 0 Å². The van der Waals surface area contributed by atoms with Gasteiger partial charge in [-0.3, -0.25) is 4.68 Å². The number of hydrogen-bond acceptors (Lipinski definition) is 2. The minimum Gasteiger partial charge on any atom is -0.375 e. The maximum atomic E-state index is 13.6. The summed E-state index contributed by atoms with van der Waals surface area (Å²) in [4.78, 5) is 0. The van der Waals surface area contributed by atoms with Gasteiger partial charge in [-0.15, -0.1) is 0 Å². The summed E-state index contributed by atoms with van der Waals surface area (Å²) in [7, 11) is 0. The molecule has 0 saturated carbocycles. The van der Waals surface area contributed by atoms with Crippen LogP contribution in [0.4, 0.5) is 10.1 Å². The van der Waals surface area contributed by atoms with E-state index in [1.165, 1.54) is 6.07 Å². The molecule has 18 heavy (non-hydrogen) atoms. The van der Waals surface area contributed by atoms with Gasteiger partial charge in [-0.2, -0.15) is 5.10 Å². The number of aromatic nitrogens is 2. The Morgan fingerprint density at radius 1 is 1.50 bits per heavy atom. The van der Waals surface area contributed by atoms with E-state index in [0.717, 1.165) is 12.1 Å². The maximum absolute atomic E-state index is 13.6. The summed E-state index contributed by atoms with van der Waals surface area (Å²) in [6.45, 7) is 4.77. The van der Waals surface area contributed by atoms with Crippen LogP contribution in [0, 0.1) is 5.82 Å². The Bertz CT molecular complexity index is 519. The Morgan fingerprint density at radius 2 is 2.28 bits per heavy atom. The number of para-hydroxylation sites is 1. The van der Waals surface area contributed by atoms with E-state index in [1.807, 2.05) is 24.7 Å². The highest BCUT2D eigenvalue weighted by atomic mass is 35.5. The molecule has 0 bridgehead atoms. The minimum absolute atomic E-state index is 0.0558. The number of rotatable bonds is 4. The number of nitrogens with one attached hydrogen (secondary N) is 1. The molecule has 5 heteroatoms. The van der Waals surface area contributed by atoms with Gasteiger partial charge in [0.15, 0.2) is 0 Å². The van der Waals surface area contributed by atoms with Crippen molar-refractivity contribution in [3.05, 3.63) is 47.0 Å². The van der Waals surface area contributed by atoms with Crippen LogP contribution in [0.5, 0.6) is 0 Å². The van der Waals surface area contributed by atoms with Crippen molar-refractivity contribution >= 4 is 17.3 Å². The fourth-order valence-electron chi connectivity index (χ4n) is 1.71. The zero-order valence-corrected chi connectivity index (χ0v) is 11.1. The van der Waals surface area contributed by atoms with Gasteiger partial charge in [-0.25, -0.2) is 4.39 Å². The fraction of sp³-hybridized carbons (Fsp3) is 0.308. The van der Waals surface area contributed by atoms with Crippen molar-refractivity contribution < 1.29 is 4.39 Å². The van der Waals surface area contributed by atoms with E-state index in [-0.39, 0.29) is 11.9 Å². The van der Waals surface area contributed by atoms with E-state index in [2.05, 4.69) is 10.4 Å². The Hall–Kier alpha value is -1.55. The van der Waals surface area contributed by atoms with Gasteiger partial charge in [0.25, 0.3) is 0 Å². The van der Waals surface area contributed by atoms with Crippen molar-refractivity contribution in [1.82, 2.24) is 9.78 Å². The lowest BCUT2D eigenvalue weighted by Gasteiger charge is -2.15. The van der Waals surface area contributed by atoms with Crippen LogP contribution in [-0.4, -0.2) is 9.78 Å². The monoisotopic (exact) mass is 267 g/mol. The predicted octanol–water partition coefficient (Wildman–Crippen LogP) is 3.87. The molecule has 1 unspecified atom stereocenters. The summed E-state index contributed by atoms with van der Waals surface area (Å²) >= 11 is 5.97. The molecule has 3 nitrogen and oxygen atoms in total. The minimum atomic E-state index is -0.350. The van der Waals surface area contributed by atoms with Crippen molar-refractivity contribution in [3.63, 3.8) is 0 Å². The van der Waals surface area contributed by atoms with Gasteiger partial charge in [-0.1, -0.05) is 17.7 Å². The second-order valence-electron chi connectivity index (χ2n) is 4.09. The first-order chi connectivity index (χ1) is 8.61. The summed E-state index contributed by atoms with van der Waals surface area (Å²) in [5.74, 6) is -0.350. The number of hydrogen-bond donors (Lipinski definition) is 1. The van der Waals surface area contributed by atoms with Crippen LogP contribution in [0.1, 0.15) is 25.5 Å². The molecule has 0 aliphatic carbocycles. The van der Waals surface area contributed by atoms with Gasteiger partial charge in [0.1, 0.15) is 5.82 Å². The molecule has 2 rings (SSSR count). The first-order valence-electron chi connectivity index (χ1n) is 5.84. The van der Waals surface area contributed by atoms with Crippen molar-refractivity contribution in [2.45, 2.75) is 26.4 Å². The topological polar surface area (TPSA) is 29.9 Å². The fourth-order valence-corrected chi connectivity index (χ4v) is 1.93. The lowest BCUT2D eigenvalue weighted by molar-refractivity contribution is 0.627. The zero-order chi connectivity index (χ0) is 13.1. The highest BCUT2D eigenvalue weighted by Crippen LogP contribution is 2.28. The molecule has 2 aromatic rings. The van der Waals surface area contributed by atoms with Gasteiger partial charge < -0.3 is 5.32 Å². The number of anilines is 1. The zero-order valence-electron chi connectivity index (χ0n) is 10.3. The molecule has 1 aromatic carbocycles. The molecular formula is C13H15ClFN3. The van der Waals surface area contributed by atoms with Crippen LogP contribution in [0.2, 0.25) is 5.02 Å². The molecule has 0 radical (unpaired) electrons. The average Bonchev–Trinajstić information content (AvgIpc) is 2.82. The third-order valence-electron chi connectivity index (χ3n) is 2.80. The summed E-state index contributed by atoms with van der Waals surface area (Å²) in [6.07, 6.45) is 3.71. The first kappa shape index (κ1) is 12.9. The molecular weight excluding hydrogens is 253 g/mol. The second kappa shape index (κ2) is 5.40. The molecule has 1 aromatic heterocycles. The van der Waals surface area contributed by atoms with E-state index in [9.17, 15) is 4.39 Å². The number of halogens is 2. The second-order valence-corrected chi connectivity index (χ2v) is 4.50. The van der Waals surface area contributed by atoms with Crippen molar-refractivity contribution in [2.24, 2.45) is 0 Å². The summed E-state index contributed by atoms with van der Waals surface area (Å²) in [5, 5.41) is 7.64. The molecule has 0 aliphatic rings. The molecule has 0 aliphatic heterocycles. The highest BCUT2D eigenvalue weighted by Gasteiger charge is 2.12. The first-order valence-corrected chi connectivity index (χ1v) is 6.22. The van der Waals surface area contributed by atoms with E-state index in [0.29, 0.717) is 10.7 Å².